The molecular formula is C56H60Cl4Zr. The van der Waals surface area contributed by atoms with Gasteiger partial charge in [-0.3, -0.25) is 0 Å². The third-order valence-corrected chi connectivity index (χ3v) is 30.6. The van der Waals surface area contributed by atoms with E-state index in [0.717, 1.165) is 29.3 Å². The van der Waals surface area contributed by atoms with E-state index in [-0.39, 0.29) is 36.1 Å². The maximum absolute atomic E-state index is 6.84. The maximum atomic E-state index is 6.84. The van der Waals surface area contributed by atoms with E-state index in [0.29, 0.717) is 0 Å². The van der Waals surface area contributed by atoms with Crippen LogP contribution in [-0.2, 0) is 24.7 Å². The SMILES string of the molecule is Cl.Cl.[CH2]=[Zr]([C]1=CC(C(C)(C)C)=CC1CCC)([c]1ccc(Cl)cc1)([c]1ccc(Cl)cc1)[c]1c(-c2c(C)cc(C)cc2C)ccc2c1Cc1cc(-c3c(C)cc(C)cc3C)ccc1-2. The summed E-state index contributed by atoms with van der Waals surface area (Å²) in [7, 11) is 0. The molecule has 0 saturated carbocycles. The van der Waals surface area contributed by atoms with Gasteiger partial charge < -0.3 is 0 Å². The standard InChI is InChI=1S/C31H29.C12H19.2C6H4Cl.CH2.2ClH.Zr/c1-18-11-20(3)30(21(4)12-18)24-7-9-28-26(15-24)17-27-16-25(8-10-29(27)28)31-22(5)13-19(2)14-23(31)6;1-5-6-10-7-8-11(9-10)12(2,3)4;2*7-6-4-2-1-3-5-6;;;;/h7-15H,17H2,1-6H3;8-10H,5-6H2,1-4H3;2*2-5H;1H2;2*1H;. The molecular weight excluding hydrogens is 906 g/mol. The van der Waals surface area contributed by atoms with Crippen LogP contribution in [0, 0.1) is 52.9 Å². The van der Waals surface area contributed by atoms with Gasteiger partial charge in [0.2, 0.25) is 0 Å². The topological polar surface area (TPSA) is 0 Å². The Hall–Kier alpha value is -3.29. The first-order chi connectivity index (χ1) is 27.9. The van der Waals surface area contributed by atoms with E-state index in [4.69, 9.17) is 27.4 Å². The molecule has 0 bridgehead atoms. The average molecular weight is 966 g/mol. The molecule has 0 N–H and O–H groups in total. The van der Waals surface area contributed by atoms with Crippen molar-refractivity contribution in [2.24, 2.45) is 11.3 Å². The van der Waals surface area contributed by atoms with Gasteiger partial charge in [-0.25, -0.2) is 0 Å². The molecule has 0 aromatic heterocycles. The van der Waals surface area contributed by atoms with Crippen LogP contribution in [0.1, 0.15) is 85.0 Å². The first-order valence-corrected chi connectivity index (χ1v) is 28.8. The monoisotopic (exact) mass is 962 g/mol. The van der Waals surface area contributed by atoms with Crippen LogP contribution in [0.15, 0.2) is 124 Å². The molecule has 6 aromatic rings. The zero-order chi connectivity index (χ0) is 42.2. The number of hydrogen-bond acceptors (Lipinski definition) is 0. The molecule has 0 radical (unpaired) electrons. The minimum atomic E-state index is -5.45. The van der Waals surface area contributed by atoms with Gasteiger partial charge in [-0.05, 0) is 0 Å². The summed E-state index contributed by atoms with van der Waals surface area (Å²) >= 11 is 8.23. The van der Waals surface area contributed by atoms with Crippen LogP contribution in [-0.4, -0.2) is 4.21 Å². The first-order valence-electron chi connectivity index (χ1n) is 21.4. The Morgan fingerprint density at radius 2 is 1.10 bits per heavy atom. The fraction of sp³-hybridized carbons (Fsp3) is 0.268. The van der Waals surface area contributed by atoms with Gasteiger partial charge >= 0.3 is 367 Å². The summed E-state index contributed by atoms with van der Waals surface area (Å²) in [5.74, 6) is 0.232. The number of fused-ring (bicyclic) bond motifs is 3. The van der Waals surface area contributed by atoms with Crippen molar-refractivity contribution in [1.29, 1.82) is 0 Å². The van der Waals surface area contributed by atoms with E-state index >= 15 is 0 Å². The second-order valence-corrected chi connectivity index (χ2v) is 32.5. The van der Waals surface area contributed by atoms with Gasteiger partial charge in [-0.1, -0.05) is 0 Å². The first kappa shape index (κ1) is 47.2. The van der Waals surface area contributed by atoms with Crippen molar-refractivity contribution < 1.29 is 18.3 Å². The molecule has 5 heteroatoms. The number of allylic oxidation sites excluding steroid dienone is 4. The molecule has 0 fully saturated rings. The summed E-state index contributed by atoms with van der Waals surface area (Å²) in [5, 5.41) is 1.47. The summed E-state index contributed by atoms with van der Waals surface area (Å²) in [5.41, 5.74) is 19.9. The van der Waals surface area contributed by atoms with E-state index in [1.165, 1.54) is 96.6 Å². The van der Waals surface area contributed by atoms with E-state index in [9.17, 15) is 0 Å². The predicted octanol–water partition coefficient (Wildman–Crippen LogP) is 15.3. The van der Waals surface area contributed by atoms with E-state index in [1.54, 1.807) is 0 Å². The molecule has 0 amide bonds. The van der Waals surface area contributed by atoms with Crippen molar-refractivity contribution in [3.8, 4) is 33.4 Å². The number of halogens is 4. The molecule has 0 spiro atoms. The number of benzene rings is 6. The second kappa shape index (κ2) is 17.4. The number of aryl methyl sites for hydroxylation is 6. The molecule has 2 aliphatic carbocycles. The van der Waals surface area contributed by atoms with E-state index in [2.05, 4.69) is 185 Å². The third-order valence-electron chi connectivity index (χ3n) is 13.7. The van der Waals surface area contributed by atoms with Gasteiger partial charge in [0.1, 0.15) is 0 Å². The zero-order valence-electron chi connectivity index (χ0n) is 37.4. The van der Waals surface area contributed by atoms with Crippen molar-refractivity contribution in [3.05, 3.63) is 179 Å². The second-order valence-electron chi connectivity index (χ2n) is 18.9. The fourth-order valence-corrected chi connectivity index (χ4v) is 28.5. The molecule has 0 nitrogen and oxygen atoms in total. The molecule has 1 atom stereocenters. The predicted molar refractivity (Wildman–Crippen MR) is 271 cm³/mol. The van der Waals surface area contributed by atoms with Gasteiger partial charge in [0.05, 0.1) is 0 Å². The van der Waals surface area contributed by atoms with Crippen LogP contribution in [0.25, 0.3) is 33.4 Å². The molecule has 316 valence electrons. The molecule has 6 aromatic carbocycles. The summed E-state index contributed by atoms with van der Waals surface area (Å²) in [6.45, 7) is 22.9. The normalized spacial score (nSPS) is 14.7. The Bertz CT molecular complexity index is 2720. The molecule has 8 rings (SSSR count). The zero-order valence-corrected chi connectivity index (χ0v) is 43.1. The van der Waals surface area contributed by atoms with Gasteiger partial charge in [0, 0.05) is 0 Å². The van der Waals surface area contributed by atoms with Crippen LogP contribution >= 0.6 is 48.0 Å². The van der Waals surface area contributed by atoms with Crippen molar-refractivity contribution in [2.45, 2.75) is 88.5 Å². The van der Waals surface area contributed by atoms with Crippen LogP contribution < -0.4 is 9.81 Å². The van der Waals surface area contributed by atoms with Crippen LogP contribution in [0.5, 0.6) is 0 Å². The van der Waals surface area contributed by atoms with Gasteiger partial charge in [-0.2, -0.15) is 0 Å². The average Bonchev–Trinajstić information content (AvgIpc) is 3.77. The van der Waals surface area contributed by atoms with Crippen molar-refractivity contribution in [1.82, 2.24) is 0 Å². The number of hydrogen-bond donors (Lipinski definition) is 0. The molecule has 0 aliphatic heterocycles. The Balaban J connectivity index is 0.00000311. The quantitative estimate of drug-likeness (QED) is 0.142. The molecule has 2 aliphatic rings. The van der Waals surface area contributed by atoms with Gasteiger partial charge in [-0.15, -0.1) is 24.8 Å². The Kier molecular flexibility index (Phi) is 13.4. The van der Waals surface area contributed by atoms with Crippen molar-refractivity contribution in [3.63, 3.8) is 0 Å². The molecule has 0 heterocycles. The summed E-state index contributed by atoms with van der Waals surface area (Å²) in [4.78, 5) is 0. The third kappa shape index (κ3) is 7.78. The molecule has 0 saturated heterocycles. The van der Waals surface area contributed by atoms with Crippen LogP contribution in [0.4, 0.5) is 0 Å². The summed E-state index contributed by atoms with van der Waals surface area (Å²) in [6.07, 6.45) is 8.17. The Morgan fingerprint density at radius 1 is 0.623 bits per heavy atom. The van der Waals surface area contributed by atoms with Gasteiger partial charge in [0.25, 0.3) is 0 Å². The van der Waals surface area contributed by atoms with Crippen molar-refractivity contribution >= 4 is 62.0 Å². The fourth-order valence-electron chi connectivity index (χ4n) is 11.3. The molecule has 61 heavy (non-hydrogen) atoms. The Morgan fingerprint density at radius 3 is 1.59 bits per heavy atom. The summed E-state index contributed by atoms with van der Waals surface area (Å²) < 4.78 is 11.6. The summed E-state index contributed by atoms with van der Waals surface area (Å²) in [6, 6.07) is 39.2. The number of rotatable bonds is 8. The Labute approximate surface area is 389 Å². The molecule has 1 unspecified atom stereocenters. The van der Waals surface area contributed by atoms with Crippen molar-refractivity contribution in [2.75, 3.05) is 0 Å². The van der Waals surface area contributed by atoms with Crippen LogP contribution in [0.2, 0.25) is 10.0 Å². The van der Waals surface area contributed by atoms with Gasteiger partial charge in [0.15, 0.2) is 0 Å². The van der Waals surface area contributed by atoms with E-state index < -0.39 is 18.3 Å². The van der Waals surface area contributed by atoms with Crippen LogP contribution in [0.3, 0.4) is 0 Å². The minimum absolute atomic E-state index is 0. The van der Waals surface area contributed by atoms with E-state index in [1.807, 2.05) is 0 Å².